The quantitative estimate of drug-likeness (QED) is 0.525. The van der Waals surface area contributed by atoms with Gasteiger partial charge in [-0.05, 0) is 18.2 Å². The average Bonchev–Trinajstić information content (AvgIpc) is 3.15. The highest BCUT2D eigenvalue weighted by Crippen LogP contribution is 2.23. The number of rotatable bonds is 5. The maximum Gasteiger partial charge on any atom is 0.337 e. The maximum atomic E-state index is 13.8. The van der Waals surface area contributed by atoms with Crippen molar-refractivity contribution in [3.63, 3.8) is 0 Å². The molecule has 29 heavy (non-hydrogen) atoms. The van der Waals surface area contributed by atoms with Crippen LogP contribution in [0.4, 0.5) is 10.2 Å². The van der Waals surface area contributed by atoms with Gasteiger partial charge < -0.3 is 14.5 Å². The number of fused-ring (bicyclic) bond motifs is 1. The van der Waals surface area contributed by atoms with Gasteiger partial charge in [-0.25, -0.2) is 9.18 Å². The van der Waals surface area contributed by atoms with Crippen molar-refractivity contribution in [3.05, 3.63) is 88.2 Å². The van der Waals surface area contributed by atoms with Crippen molar-refractivity contribution in [1.82, 2.24) is 9.78 Å². The van der Waals surface area contributed by atoms with Crippen molar-refractivity contribution >= 4 is 22.7 Å². The molecule has 2 aromatic carbocycles. The Morgan fingerprint density at radius 1 is 1.21 bits per heavy atom. The number of aromatic nitrogens is 2. The van der Waals surface area contributed by atoms with E-state index in [9.17, 15) is 14.0 Å². The number of ether oxygens (including phenoxy) is 1. The first-order chi connectivity index (χ1) is 14.0. The summed E-state index contributed by atoms with van der Waals surface area (Å²) in [5.41, 5.74) is 0.227. The van der Waals surface area contributed by atoms with Crippen molar-refractivity contribution in [2.24, 2.45) is 0 Å². The van der Waals surface area contributed by atoms with Crippen LogP contribution in [0.1, 0.15) is 15.9 Å². The van der Waals surface area contributed by atoms with Gasteiger partial charge in [0.05, 0.1) is 19.2 Å². The number of nitrogens with zero attached hydrogens (tertiary/aromatic N) is 2. The van der Waals surface area contributed by atoms with Gasteiger partial charge in [0.2, 0.25) is 0 Å². The fraction of sp³-hybridized carbons (Fsp3) is 0.0952. The van der Waals surface area contributed by atoms with Gasteiger partial charge in [-0.2, -0.15) is 5.10 Å². The molecule has 0 aliphatic carbocycles. The van der Waals surface area contributed by atoms with Gasteiger partial charge in [-0.15, -0.1) is 0 Å². The summed E-state index contributed by atoms with van der Waals surface area (Å²) in [6, 6.07) is 14.0. The molecule has 0 aliphatic heterocycles. The molecule has 2 heterocycles. The number of benzene rings is 2. The lowest BCUT2D eigenvalue weighted by Gasteiger charge is -2.07. The van der Waals surface area contributed by atoms with Crippen molar-refractivity contribution in [2.45, 2.75) is 6.54 Å². The van der Waals surface area contributed by atoms with E-state index in [0.29, 0.717) is 16.7 Å². The molecule has 4 rings (SSSR count). The first kappa shape index (κ1) is 18.4. The van der Waals surface area contributed by atoms with Gasteiger partial charge in [-0.1, -0.05) is 18.2 Å². The zero-order valence-corrected chi connectivity index (χ0v) is 15.4. The Morgan fingerprint density at radius 2 is 2.03 bits per heavy atom. The first-order valence-electron chi connectivity index (χ1n) is 8.73. The van der Waals surface area contributed by atoms with E-state index in [0.717, 1.165) is 6.07 Å². The molecule has 0 bridgehead atoms. The lowest BCUT2D eigenvalue weighted by molar-refractivity contribution is 0.102. The van der Waals surface area contributed by atoms with Crippen LogP contribution in [-0.2, 0) is 6.54 Å². The van der Waals surface area contributed by atoms with Crippen molar-refractivity contribution in [3.8, 4) is 5.75 Å². The zero-order valence-electron chi connectivity index (χ0n) is 15.4. The van der Waals surface area contributed by atoms with E-state index in [2.05, 4.69) is 10.4 Å². The second-order valence-electron chi connectivity index (χ2n) is 6.29. The van der Waals surface area contributed by atoms with Crippen molar-refractivity contribution in [1.29, 1.82) is 0 Å². The molecule has 0 unspecified atom stereocenters. The number of amides is 1. The SMILES string of the molecule is COc1ccc2c(C(=O)Nc3ccn(Cc4ccccc4F)n3)cc(=O)oc2c1. The summed E-state index contributed by atoms with van der Waals surface area (Å²) < 4.78 is 25.6. The van der Waals surface area contributed by atoms with E-state index < -0.39 is 11.5 Å². The van der Waals surface area contributed by atoms with Gasteiger partial charge in [0, 0.05) is 35.3 Å². The number of hydrogen-bond acceptors (Lipinski definition) is 5. The molecular formula is C21H16FN3O4. The minimum Gasteiger partial charge on any atom is -0.497 e. The van der Waals surface area contributed by atoms with Crippen LogP contribution in [0.3, 0.4) is 0 Å². The molecule has 1 N–H and O–H groups in total. The zero-order chi connectivity index (χ0) is 20.4. The lowest BCUT2D eigenvalue weighted by Crippen LogP contribution is -2.16. The number of hydrogen-bond donors (Lipinski definition) is 1. The Bertz CT molecular complexity index is 1260. The van der Waals surface area contributed by atoms with Gasteiger partial charge in [0.15, 0.2) is 5.82 Å². The van der Waals surface area contributed by atoms with Crippen molar-refractivity contribution < 1.29 is 18.3 Å². The fourth-order valence-corrected chi connectivity index (χ4v) is 2.96. The van der Waals surface area contributed by atoms with E-state index in [1.165, 1.54) is 23.9 Å². The molecular weight excluding hydrogens is 377 g/mol. The number of nitrogens with one attached hydrogen (secondary N) is 1. The Balaban J connectivity index is 1.58. The van der Waals surface area contributed by atoms with Crippen LogP contribution in [0, 0.1) is 5.82 Å². The smallest absolute Gasteiger partial charge is 0.337 e. The normalized spacial score (nSPS) is 10.8. The molecule has 8 heteroatoms. The average molecular weight is 393 g/mol. The summed E-state index contributed by atoms with van der Waals surface area (Å²) >= 11 is 0. The van der Waals surface area contributed by atoms with Crippen LogP contribution in [0.2, 0.25) is 0 Å². The summed E-state index contributed by atoms with van der Waals surface area (Å²) in [4.78, 5) is 24.6. The van der Waals surface area contributed by atoms with Crippen LogP contribution in [-0.4, -0.2) is 22.8 Å². The third-order valence-electron chi connectivity index (χ3n) is 4.37. The molecule has 7 nitrogen and oxygen atoms in total. The Kier molecular flexibility index (Phi) is 4.82. The van der Waals surface area contributed by atoms with Crippen LogP contribution >= 0.6 is 0 Å². The Labute approximate surface area is 164 Å². The van der Waals surface area contributed by atoms with Gasteiger partial charge in [-0.3, -0.25) is 9.48 Å². The van der Waals surface area contributed by atoms with Crippen LogP contribution in [0.25, 0.3) is 11.0 Å². The van der Waals surface area contributed by atoms with Crippen molar-refractivity contribution in [2.75, 3.05) is 12.4 Å². The summed E-state index contributed by atoms with van der Waals surface area (Å²) in [6.07, 6.45) is 1.63. The summed E-state index contributed by atoms with van der Waals surface area (Å²) in [5.74, 6) is -0.0537. The third-order valence-corrected chi connectivity index (χ3v) is 4.37. The Morgan fingerprint density at radius 3 is 2.83 bits per heavy atom. The molecule has 2 aromatic heterocycles. The van der Waals surface area contributed by atoms with Gasteiger partial charge in [0.25, 0.3) is 5.91 Å². The third kappa shape index (κ3) is 3.86. The van der Waals surface area contributed by atoms with E-state index in [-0.39, 0.29) is 29.3 Å². The lowest BCUT2D eigenvalue weighted by atomic mass is 10.1. The highest BCUT2D eigenvalue weighted by atomic mass is 19.1. The monoisotopic (exact) mass is 393 g/mol. The minimum absolute atomic E-state index is 0.155. The predicted octanol–water partition coefficient (Wildman–Crippen LogP) is 3.44. The molecule has 146 valence electrons. The van der Waals surface area contributed by atoms with E-state index in [4.69, 9.17) is 9.15 Å². The van der Waals surface area contributed by atoms with Gasteiger partial charge in [0.1, 0.15) is 17.1 Å². The molecule has 0 atom stereocenters. The molecule has 1 amide bonds. The van der Waals surface area contributed by atoms with E-state index in [1.54, 1.807) is 42.6 Å². The standard InChI is InChI=1S/C21H16FN3O4/c1-28-14-6-7-15-16(11-20(26)29-18(15)10-14)21(27)23-19-8-9-25(24-19)12-13-4-2-3-5-17(13)22/h2-11H,12H2,1H3,(H,23,24,27). The summed E-state index contributed by atoms with van der Waals surface area (Å²) in [6.45, 7) is 0.222. The highest BCUT2D eigenvalue weighted by Gasteiger charge is 2.15. The molecule has 0 saturated carbocycles. The number of anilines is 1. The number of carbonyl (C=O) groups excluding carboxylic acids is 1. The molecule has 0 radical (unpaired) electrons. The summed E-state index contributed by atoms with van der Waals surface area (Å²) in [7, 11) is 1.49. The van der Waals surface area contributed by atoms with E-state index >= 15 is 0 Å². The second kappa shape index (κ2) is 7.59. The predicted molar refractivity (Wildman–Crippen MR) is 105 cm³/mol. The van der Waals surface area contributed by atoms with Crippen LogP contribution < -0.4 is 15.7 Å². The largest absolute Gasteiger partial charge is 0.497 e. The minimum atomic E-state index is -0.652. The first-order valence-corrected chi connectivity index (χ1v) is 8.73. The van der Waals surface area contributed by atoms with E-state index in [1.807, 2.05) is 0 Å². The number of halogens is 1. The highest BCUT2D eigenvalue weighted by molar-refractivity contribution is 6.11. The second-order valence-corrected chi connectivity index (χ2v) is 6.29. The Hall–Kier alpha value is -3.94. The molecule has 0 fully saturated rings. The van der Waals surface area contributed by atoms with Gasteiger partial charge >= 0.3 is 5.63 Å². The topological polar surface area (TPSA) is 86.4 Å². The number of methoxy groups -OCH3 is 1. The van der Waals surface area contributed by atoms with Crippen LogP contribution in [0.5, 0.6) is 5.75 Å². The van der Waals surface area contributed by atoms with Crippen LogP contribution in [0.15, 0.2) is 70.0 Å². The molecule has 4 aromatic rings. The number of carbonyl (C=O) groups is 1. The fourth-order valence-electron chi connectivity index (χ4n) is 2.96. The molecule has 0 spiro atoms. The maximum absolute atomic E-state index is 13.8. The molecule has 0 aliphatic rings. The molecule has 0 saturated heterocycles. The summed E-state index contributed by atoms with van der Waals surface area (Å²) in [5, 5.41) is 7.36.